The summed E-state index contributed by atoms with van der Waals surface area (Å²) >= 11 is 1.10. The predicted octanol–water partition coefficient (Wildman–Crippen LogP) is 4.14. The van der Waals surface area contributed by atoms with E-state index < -0.39 is 22.5 Å². The highest BCUT2D eigenvalue weighted by atomic mass is 32.1. The molecule has 0 saturated carbocycles. The van der Waals surface area contributed by atoms with Crippen LogP contribution in [0.25, 0.3) is 6.08 Å². The molecular formula is C29H31N3O7S. The summed E-state index contributed by atoms with van der Waals surface area (Å²) < 4.78 is 18.6. The molecule has 0 amide bonds. The van der Waals surface area contributed by atoms with E-state index >= 15 is 0 Å². The van der Waals surface area contributed by atoms with Gasteiger partial charge in [0.1, 0.15) is 0 Å². The Kier molecular flexibility index (Phi) is 8.83. The van der Waals surface area contributed by atoms with Crippen molar-refractivity contribution in [1.82, 2.24) is 4.57 Å². The Balaban J connectivity index is 1.90. The molecule has 4 rings (SSSR count). The Morgan fingerprint density at radius 2 is 1.98 bits per heavy atom. The number of thiazole rings is 1. The molecule has 10 nitrogen and oxygen atoms in total. The summed E-state index contributed by atoms with van der Waals surface area (Å²) in [5.74, 6) is 0.900. The van der Waals surface area contributed by atoms with Crippen molar-refractivity contribution in [3.8, 4) is 11.5 Å². The number of para-hydroxylation sites is 1. The molecule has 2 heterocycles. The standard InChI is InChI=1S/C29H31N3O7S/c1-6-38-28(34)25-18(4)30-29-31(27(33)24(40-29)16-19-9-7-8-10-21(19)32(35)36)26(25)20-11-12-22(23(15-20)37-5)39-14-13-17(2)3/h7-12,15-17,26H,6,13-14H2,1-5H3. The summed E-state index contributed by atoms with van der Waals surface area (Å²) in [6.45, 7) is 8.29. The molecule has 0 spiro atoms. The number of benzene rings is 2. The van der Waals surface area contributed by atoms with E-state index in [1.54, 1.807) is 50.2 Å². The van der Waals surface area contributed by atoms with Crippen molar-refractivity contribution >= 4 is 29.1 Å². The number of hydrogen-bond donors (Lipinski definition) is 0. The third-order valence-corrected chi connectivity index (χ3v) is 7.38. The lowest BCUT2D eigenvalue weighted by molar-refractivity contribution is -0.385. The first-order valence-corrected chi connectivity index (χ1v) is 13.7. The molecule has 1 aliphatic rings. The molecule has 0 aliphatic carbocycles. The van der Waals surface area contributed by atoms with Crippen LogP contribution in [-0.4, -0.2) is 35.8 Å². The van der Waals surface area contributed by atoms with Gasteiger partial charge in [0.05, 0.1) is 52.7 Å². The molecule has 40 heavy (non-hydrogen) atoms. The second-order valence-corrected chi connectivity index (χ2v) is 10.6. The van der Waals surface area contributed by atoms with Crippen LogP contribution in [0.1, 0.15) is 51.3 Å². The van der Waals surface area contributed by atoms with Gasteiger partial charge >= 0.3 is 5.97 Å². The minimum Gasteiger partial charge on any atom is -0.493 e. The van der Waals surface area contributed by atoms with Crippen LogP contribution in [0.3, 0.4) is 0 Å². The van der Waals surface area contributed by atoms with E-state index in [-0.39, 0.29) is 22.4 Å². The lowest BCUT2D eigenvalue weighted by atomic mass is 9.95. The minimum absolute atomic E-state index is 0.119. The molecule has 1 aliphatic heterocycles. The fraction of sp³-hybridized carbons (Fsp3) is 0.345. The second-order valence-electron chi connectivity index (χ2n) is 9.56. The number of esters is 1. The highest BCUT2D eigenvalue weighted by Crippen LogP contribution is 2.36. The summed E-state index contributed by atoms with van der Waals surface area (Å²) in [4.78, 5) is 43.0. The van der Waals surface area contributed by atoms with Gasteiger partial charge in [-0.15, -0.1) is 0 Å². The minimum atomic E-state index is -0.859. The maximum Gasteiger partial charge on any atom is 0.338 e. The number of nitro benzene ring substituents is 1. The van der Waals surface area contributed by atoms with Gasteiger partial charge in [-0.1, -0.05) is 43.4 Å². The first-order chi connectivity index (χ1) is 19.2. The van der Waals surface area contributed by atoms with Crippen molar-refractivity contribution < 1.29 is 23.9 Å². The van der Waals surface area contributed by atoms with Crippen LogP contribution in [0.4, 0.5) is 5.69 Å². The maximum atomic E-state index is 13.8. The van der Waals surface area contributed by atoms with Gasteiger partial charge in [0, 0.05) is 6.07 Å². The number of rotatable bonds is 10. The van der Waals surface area contributed by atoms with Crippen LogP contribution in [-0.2, 0) is 9.53 Å². The van der Waals surface area contributed by atoms with E-state index in [0.29, 0.717) is 45.6 Å². The summed E-state index contributed by atoms with van der Waals surface area (Å²) in [5, 5.41) is 11.5. The molecule has 1 atom stereocenters. The van der Waals surface area contributed by atoms with Crippen LogP contribution in [0.5, 0.6) is 11.5 Å². The monoisotopic (exact) mass is 565 g/mol. The lowest BCUT2D eigenvalue weighted by Gasteiger charge is -2.25. The van der Waals surface area contributed by atoms with Crippen LogP contribution >= 0.6 is 11.3 Å². The van der Waals surface area contributed by atoms with Crippen molar-refractivity contribution in [1.29, 1.82) is 0 Å². The van der Waals surface area contributed by atoms with Crippen molar-refractivity contribution in [3.63, 3.8) is 0 Å². The zero-order valence-corrected chi connectivity index (χ0v) is 23.8. The molecule has 210 valence electrons. The Labute approximate surface area is 235 Å². The summed E-state index contributed by atoms with van der Waals surface area (Å²) in [6.07, 6.45) is 2.35. The van der Waals surface area contributed by atoms with Crippen LogP contribution in [0.2, 0.25) is 0 Å². The average molecular weight is 566 g/mol. The molecular weight excluding hydrogens is 534 g/mol. The van der Waals surface area contributed by atoms with Crippen molar-refractivity contribution in [2.45, 2.75) is 40.2 Å². The number of allylic oxidation sites excluding steroid dienone is 1. The number of carbonyl (C=O) groups is 1. The number of carbonyl (C=O) groups excluding carboxylic acids is 1. The fourth-order valence-electron chi connectivity index (χ4n) is 4.40. The normalized spacial score (nSPS) is 15.1. The Hall–Kier alpha value is -4.25. The SMILES string of the molecule is CCOC(=O)C1=C(C)N=c2sc(=Cc3ccccc3[N+](=O)[O-])c(=O)n2C1c1ccc(OCCC(C)C)c(OC)c1. The van der Waals surface area contributed by atoms with E-state index in [4.69, 9.17) is 14.2 Å². The Morgan fingerprint density at radius 1 is 1.23 bits per heavy atom. The maximum absolute atomic E-state index is 13.8. The van der Waals surface area contributed by atoms with Gasteiger partial charge < -0.3 is 14.2 Å². The summed E-state index contributed by atoms with van der Waals surface area (Å²) in [6, 6.07) is 10.6. The van der Waals surface area contributed by atoms with E-state index in [9.17, 15) is 19.7 Å². The number of aromatic nitrogens is 1. The molecule has 2 aromatic carbocycles. The van der Waals surface area contributed by atoms with Gasteiger partial charge in [-0.3, -0.25) is 19.5 Å². The molecule has 3 aromatic rings. The van der Waals surface area contributed by atoms with E-state index in [2.05, 4.69) is 18.8 Å². The smallest absolute Gasteiger partial charge is 0.338 e. The number of methoxy groups -OCH3 is 1. The van der Waals surface area contributed by atoms with Gasteiger partial charge in [0.2, 0.25) is 0 Å². The van der Waals surface area contributed by atoms with Gasteiger partial charge in [-0.05, 0) is 56.0 Å². The van der Waals surface area contributed by atoms with Crippen molar-refractivity contribution in [2.75, 3.05) is 20.3 Å². The van der Waals surface area contributed by atoms with Gasteiger partial charge in [-0.2, -0.15) is 0 Å². The summed E-state index contributed by atoms with van der Waals surface area (Å²) in [7, 11) is 1.53. The molecule has 0 radical (unpaired) electrons. The van der Waals surface area contributed by atoms with Crippen molar-refractivity contribution in [2.24, 2.45) is 10.9 Å². The molecule has 0 N–H and O–H groups in total. The lowest BCUT2D eigenvalue weighted by Crippen LogP contribution is -2.40. The van der Waals surface area contributed by atoms with E-state index in [1.807, 2.05) is 0 Å². The molecule has 1 aromatic heterocycles. The first-order valence-electron chi connectivity index (χ1n) is 12.9. The third kappa shape index (κ3) is 5.84. The van der Waals surface area contributed by atoms with Gasteiger partial charge in [-0.25, -0.2) is 9.79 Å². The number of nitrogens with zero attached hydrogens (tertiary/aromatic N) is 3. The molecule has 0 fully saturated rings. The van der Waals surface area contributed by atoms with Crippen LogP contribution in [0, 0.1) is 16.0 Å². The zero-order valence-electron chi connectivity index (χ0n) is 23.0. The zero-order chi connectivity index (χ0) is 29.0. The van der Waals surface area contributed by atoms with Crippen LogP contribution in [0.15, 0.2) is 63.5 Å². The fourth-order valence-corrected chi connectivity index (χ4v) is 5.44. The third-order valence-electron chi connectivity index (χ3n) is 6.39. The highest BCUT2D eigenvalue weighted by molar-refractivity contribution is 7.07. The van der Waals surface area contributed by atoms with Crippen LogP contribution < -0.4 is 24.4 Å². The number of nitro groups is 1. The number of ether oxygens (including phenoxy) is 3. The molecule has 0 bridgehead atoms. The molecule has 11 heteroatoms. The number of hydrogen-bond acceptors (Lipinski definition) is 9. The Morgan fingerprint density at radius 3 is 2.65 bits per heavy atom. The molecule has 0 saturated heterocycles. The highest BCUT2D eigenvalue weighted by Gasteiger charge is 2.34. The number of fused-ring (bicyclic) bond motifs is 1. The Bertz CT molecular complexity index is 1650. The predicted molar refractivity (Wildman–Crippen MR) is 151 cm³/mol. The van der Waals surface area contributed by atoms with E-state index in [1.165, 1.54) is 23.8 Å². The van der Waals surface area contributed by atoms with Crippen molar-refractivity contribution in [3.05, 3.63) is 94.7 Å². The summed E-state index contributed by atoms with van der Waals surface area (Å²) in [5.41, 5.74) is 0.979. The second kappa shape index (κ2) is 12.3. The first kappa shape index (κ1) is 28.8. The quantitative estimate of drug-likeness (QED) is 0.206. The van der Waals surface area contributed by atoms with E-state index in [0.717, 1.165) is 17.8 Å². The largest absolute Gasteiger partial charge is 0.493 e. The average Bonchev–Trinajstić information content (AvgIpc) is 3.22. The van der Waals surface area contributed by atoms with Gasteiger partial charge in [0.25, 0.3) is 11.2 Å². The molecule has 1 unspecified atom stereocenters. The topological polar surface area (TPSA) is 122 Å². The van der Waals surface area contributed by atoms with Gasteiger partial charge in [0.15, 0.2) is 16.3 Å².